The molecule has 596 valence electrons. The van der Waals surface area contributed by atoms with Gasteiger partial charge in [0.1, 0.15) is 36.6 Å². The summed E-state index contributed by atoms with van der Waals surface area (Å²) in [5.41, 5.74) is -0.0825. The van der Waals surface area contributed by atoms with E-state index in [4.69, 9.17) is 28.4 Å². The van der Waals surface area contributed by atoms with E-state index in [1.807, 2.05) is 138 Å². The fourth-order valence-corrected chi connectivity index (χ4v) is 10.8. The lowest BCUT2D eigenvalue weighted by molar-refractivity contribution is -0.136. The predicted molar refractivity (Wildman–Crippen MR) is 419 cm³/mol. The van der Waals surface area contributed by atoms with E-state index in [2.05, 4.69) is 101 Å². The molecule has 4 saturated carbocycles. The zero-order valence-corrected chi connectivity index (χ0v) is 70.8. The molecule has 0 bridgehead atoms. The Morgan fingerprint density at radius 2 is 0.564 bits per heavy atom. The van der Waals surface area contributed by atoms with Gasteiger partial charge in [-0.25, -0.2) is 0 Å². The molecule has 0 aromatic heterocycles. The molecule has 0 aromatic rings. The molecule has 0 saturated heterocycles. The maximum atomic E-state index is 12.2. The van der Waals surface area contributed by atoms with Gasteiger partial charge in [0, 0.05) is 79.3 Å². The zero-order valence-electron chi connectivity index (χ0n) is 70.8. The summed E-state index contributed by atoms with van der Waals surface area (Å²) in [7, 11) is 0. The second-order valence-corrected chi connectivity index (χ2v) is 36.8. The van der Waals surface area contributed by atoms with Crippen LogP contribution < -0.4 is 31.9 Å². The number of carbonyl (C=O) groups excluding carboxylic acids is 6. The van der Waals surface area contributed by atoms with Crippen LogP contribution in [-0.2, 0) is 57.2 Å². The van der Waals surface area contributed by atoms with Crippen LogP contribution in [0.1, 0.15) is 342 Å². The lowest BCUT2D eigenvalue weighted by Gasteiger charge is -2.31. The van der Waals surface area contributed by atoms with Crippen LogP contribution in [0.4, 0.5) is 0 Å². The first-order chi connectivity index (χ1) is 46.4. The minimum atomic E-state index is -0.406. The van der Waals surface area contributed by atoms with Crippen molar-refractivity contribution in [1.29, 1.82) is 0 Å². The summed E-state index contributed by atoms with van der Waals surface area (Å²) in [5, 5.41) is 18.0. The van der Waals surface area contributed by atoms with Crippen LogP contribution in [-0.4, -0.2) is 145 Å². The van der Waals surface area contributed by atoms with Crippen molar-refractivity contribution in [3.05, 3.63) is 12.2 Å². The first-order valence-electron chi connectivity index (χ1n) is 39.7. The highest BCUT2D eigenvalue weighted by molar-refractivity contribution is 5.84. The number of nitrogens with one attached hydrogen (secondary N) is 6. The molecule has 4 fully saturated rings. The lowest BCUT2D eigenvalue weighted by Crippen LogP contribution is -2.47. The zero-order chi connectivity index (χ0) is 78.2. The Morgan fingerprint density at radius 1 is 0.347 bits per heavy atom. The van der Waals surface area contributed by atoms with Crippen LogP contribution in [0.5, 0.6) is 0 Å². The van der Waals surface area contributed by atoms with E-state index >= 15 is 0 Å². The maximum absolute atomic E-state index is 12.2. The van der Waals surface area contributed by atoms with E-state index in [9.17, 15) is 28.8 Å². The Hall–Kier alpha value is -3.68. The first-order valence-corrected chi connectivity index (χ1v) is 39.7. The van der Waals surface area contributed by atoms with E-state index in [0.717, 1.165) is 82.1 Å². The van der Waals surface area contributed by atoms with Gasteiger partial charge < -0.3 is 60.3 Å². The molecule has 0 radical (unpaired) electrons. The van der Waals surface area contributed by atoms with Crippen molar-refractivity contribution in [2.45, 2.75) is 412 Å². The van der Waals surface area contributed by atoms with Crippen molar-refractivity contribution < 1.29 is 57.2 Å². The number of hydrogen-bond acceptors (Lipinski definition) is 12. The molecule has 18 heteroatoms. The fourth-order valence-electron chi connectivity index (χ4n) is 10.8. The summed E-state index contributed by atoms with van der Waals surface area (Å²) in [6.07, 6.45) is 21.5. The summed E-state index contributed by atoms with van der Waals surface area (Å²) in [6.45, 7) is 66.5. The van der Waals surface area contributed by atoms with Crippen LogP contribution >= 0.6 is 0 Å². The van der Waals surface area contributed by atoms with Crippen LogP contribution in [0, 0.1) is 35.0 Å². The minimum absolute atomic E-state index is 0.000810. The third-order valence-corrected chi connectivity index (χ3v) is 16.0. The SMILES string of the molecule is C=C(C)CC(OCCC)C(=O)NC(C)(C)C.CCCOC(CC(C)(C)C)C(=O)NC(C)(C)C.CCCOC(CC1CC1)C(=O)NC(C)(C)C.CCCOC(CC1CC1C)C(=O)NC(C)(C)C.CCCOC(CC1CCC1)C(=O)NC(C)(C)C.CCCOC(CC1CCCC1)C(=O)NC(C)(C)C. The minimum Gasteiger partial charge on any atom is -0.368 e. The van der Waals surface area contributed by atoms with E-state index in [-0.39, 0.29) is 105 Å². The quantitative estimate of drug-likeness (QED) is 0.0326. The van der Waals surface area contributed by atoms with E-state index < -0.39 is 6.10 Å². The second kappa shape index (κ2) is 50.0. The van der Waals surface area contributed by atoms with Crippen molar-refractivity contribution in [2.24, 2.45) is 35.0 Å². The molecule has 8 atom stereocenters. The van der Waals surface area contributed by atoms with Gasteiger partial charge in [-0.05, 0) is 244 Å². The summed E-state index contributed by atoms with van der Waals surface area (Å²) < 4.78 is 34.0. The molecule has 6 amide bonds. The topological polar surface area (TPSA) is 230 Å². The van der Waals surface area contributed by atoms with Gasteiger partial charge in [0.15, 0.2) is 0 Å². The van der Waals surface area contributed by atoms with Gasteiger partial charge in [0.25, 0.3) is 0 Å². The van der Waals surface area contributed by atoms with Gasteiger partial charge in [0.2, 0.25) is 35.4 Å². The smallest absolute Gasteiger partial charge is 0.249 e. The lowest BCUT2D eigenvalue weighted by atomic mass is 9.81. The molecule has 0 spiro atoms. The normalized spacial score (nSPS) is 18.2. The molecule has 0 heterocycles. The molecule has 4 aliphatic rings. The third-order valence-electron chi connectivity index (χ3n) is 16.0. The third kappa shape index (κ3) is 58.2. The Labute approximate surface area is 620 Å². The molecule has 6 N–H and O–H groups in total. The van der Waals surface area contributed by atoms with Crippen LogP contribution in [0.25, 0.3) is 0 Å². The summed E-state index contributed by atoms with van der Waals surface area (Å²) in [4.78, 5) is 72.4. The maximum Gasteiger partial charge on any atom is 0.249 e. The van der Waals surface area contributed by atoms with Crippen molar-refractivity contribution >= 4 is 35.4 Å². The molecular formula is C83H162N6O12. The monoisotopic (exact) mass is 1440 g/mol. The highest BCUT2D eigenvalue weighted by atomic mass is 16.5. The molecular weight excluding hydrogens is 1270 g/mol. The number of amides is 6. The van der Waals surface area contributed by atoms with Gasteiger partial charge in [-0.2, -0.15) is 0 Å². The first kappa shape index (κ1) is 99.4. The van der Waals surface area contributed by atoms with Crippen LogP contribution in [0.3, 0.4) is 0 Å². The number of carbonyl (C=O) groups is 6. The Morgan fingerprint density at radius 3 is 0.772 bits per heavy atom. The predicted octanol–water partition coefficient (Wildman–Crippen LogP) is 17.2. The number of ether oxygens (including phenoxy) is 6. The molecule has 4 aliphatic carbocycles. The molecule has 18 nitrogen and oxygen atoms in total. The van der Waals surface area contributed by atoms with E-state index in [1.54, 1.807) is 0 Å². The molecule has 8 unspecified atom stereocenters. The van der Waals surface area contributed by atoms with E-state index in [0.29, 0.717) is 69.7 Å². The number of hydrogen-bond donors (Lipinski definition) is 6. The number of rotatable bonds is 35. The summed E-state index contributed by atoms with van der Waals surface area (Å²) in [6, 6.07) is 0. The summed E-state index contributed by atoms with van der Waals surface area (Å²) >= 11 is 0. The van der Waals surface area contributed by atoms with Crippen molar-refractivity contribution in [3.63, 3.8) is 0 Å². The fraction of sp³-hybridized carbons (Fsp3) is 0.904. The van der Waals surface area contributed by atoms with Crippen molar-refractivity contribution in [3.8, 4) is 0 Å². The van der Waals surface area contributed by atoms with Crippen molar-refractivity contribution in [1.82, 2.24) is 31.9 Å². The average Bonchev–Trinajstić information content (AvgIpc) is 1.73. The van der Waals surface area contributed by atoms with Crippen molar-refractivity contribution in [2.75, 3.05) is 39.6 Å². The van der Waals surface area contributed by atoms with Gasteiger partial charge in [-0.3, -0.25) is 28.8 Å². The Balaban J connectivity index is 0. The highest BCUT2D eigenvalue weighted by Crippen LogP contribution is 2.42. The van der Waals surface area contributed by atoms with E-state index in [1.165, 1.54) is 64.2 Å². The average molecular weight is 1440 g/mol. The molecule has 0 aromatic carbocycles. The highest BCUT2D eigenvalue weighted by Gasteiger charge is 2.38. The van der Waals surface area contributed by atoms with Gasteiger partial charge in [-0.1, -0.05) is 133 Å². The molecule has 0 aliphatic heterocycles. The Bertz CT molecular complexity index is 2220. The van der Waals surface area contributed by atoms with Gasteiger partial charge in [-0.15, -0.1) is 6.58 Å². The molecule has 101 heavy (non-hydrogen) atoms. The largest absolute Gasteiger partial charge is 0.368 e. The van der Waals surface area contributed by atoms with Crippen LogP contribution in [0.15, 0.2) is 12.2 Å². The standard InChI is InChI=1S/C15H29NO2.2C14H27NO2.C14H29NO2.2C13H25NO2/c1-5-10-18-13(11-12-8-6-7-9-12)14(17)16-15(2,3)4;1-6-7-17-12(9-11-8-10(11)2)13(16)15-14(3,4)5;1-5-9-17-12(10-11-7-6-8-11)13(16)15-14(2,3)4;1-8-9-17-11(10-13(2,3)4)12(16)15-14(5,6)7;1-5-8-16-11(9-10-6-7-10)12(15)14-13(2,3)4;1-7-8-16-11(9-10(2)3)12(15)14-13(4,5)6/h12-13H,5-11H2,1-4H3,(H,16,17);10-12H,6-9H2,1-5H3,(H,15,16);11-12H,5-10H2,1-4H3,(H,15,16);11H,8-10H2,1-7H3,(H,15,16);10-11H,5-9H2,1-4H3,(H,14,15);11H,2,7-9H2,1,3-6H3,(H,14,15). The van der Waals surface area contributed by atoms with Gasteiger partial charge >= 0.3 is 0 Å². The Kier molecular flexibility index (Phi) is 49.2. The molecule has 4 rings (SSSR count). The second-order valence-electron chi connectivity index (χ2n) is 36.8. The van der Waals surface area contributed by atoms with Crippen LogP contribution in [0.2, 0.25) is 0 Å². The summed E-state index contributed by atoms with van der Waals surface area (Å²) in [5.74, 6) is 3.70. The van der Waals surface area contributed by atoms with Gasteiger partial charge in [0.05, 0.1) is 0 Å².